The average Bonchev–Trinajstić information content (AvgIpc) is 3.04. The van der Waals surface area contributed by atoms with E-state index in [0.717, 1.165) is 0 Å². The van der Waals surface area contributed by atoms with Crippen molar-refractivity contribution in [3.63, 3.8) is 0 Å². The number of methoxy groups -OCH3 is 1. The largest absolute Gasteiger partial charge is 0.507 e. The van der Waals surface area contributed by atoms with Gasteiger partial charge in [-0.2, -0.15) is 0 Å². The summed E-state index contributed by atoms with van der Waals surface area (Å²) in [6.45, 7) is 0. The number of hydrogen-bond donors (Lipinski definition) is 1. The number of carbonyl (C=O) groups excluding carboxylic acids is 2. The number of aromatic nitrogens is 1. The minimum atomic E-state index is -0.845. The number of nitrogens with zero attached hydrogens (tertiary/aromatic N) is 2. The van der Waals surface area contributed by atoms with Gasteiger partial charge in [-0.15, -0.1) is 0 Å². The van der Waals surface area contributed by atoms with E-state index in [1.165, 1.54) is 12.0 Å². The Bertz CT molecular complexity index is 1210. The molecule has 0 spiro atoms. The van der Waals surface area contributed by atoms with E-state index in [4.69, 9.17) is 16.3 Å². The summed E-state index contributed by atoms with van der Waals surface area (Å²) in [7, 11) is 1.53. The van der Waals surface area contributed by atoms with Crippen molar-refractivity contribution in [1.82, 2.24) is 4.98 Å². The molecule has 2 heterocycles. The Balaban J connectivity index is 1.93. The zero-order chi connectivity index (χ0) is 22.1. The molecule has 4 rings (SSSR count). The molecule has 6 nitrogen and oxygen atoms in total. The lowest BCUT2D eigenvalue weighted by Crippen LogP contribution is -2.29. The topological polar surface area (TPSA) is 79.7 Å². The zero-order valence-electron chi connectivity index (χ0n) is 16.3. The molecule has 1 aromatic heterocycles. The first-order chi connectivity index (χ1) is 14.9. The van der Waals surface area contributed by atoms with Gasteiger partial charge in [-0.25, -0.2) is 0 Å². The molecule has 0 saturated carbocycles. The number of ether oxygens (including phenoxy) is 1. The van der Waals surface area contributed by atoms with E-state index in [-0.39, 0.29) is 11.3 Å². The number of rotatable bonds is 4. The SMILES string of the molecule is COc1ccc(/C(O)=C2\C(=O)C(=O)N(c3cccc(Cl)c3)C2c2ccncc2)cc1Br. The number of aliphatic hydroxyl groups excluding tert-OH is 1. The molecule has 1 aliphatic rings. The van der Waals surface area contributed by atoms with Crippen LogP contribution in [0.15, 0.2) is 77.0 Å². The van der Waals surface area contributed by atoms with Crippen molar-refractivity contribution >= 4 is 50.7 Å². The first-order valence-electron chi connectivity index (χ1n) is 9.22. The fraction of sp³-hybridized carbons (Fsp3) is 0.0870. The number of amides is 1. The van der Waals surface area contributed by atoms with Crippen molar-refractivity contribution < 1.29 is 19.4 Å². The Hall–Kier alpha value is -3.16. The van der Waals surface area contributed by atoms with E-state index in [2.05, 4.69) is 20.9 Å². The third kappa shape index (κ3) is 3.82. The van der Waals surface area contributed by atoms with E-state index in [1.54, 1.807) is 67.0 Å². The van der Waals surface area contributed by atoms with Crippen molar-refractivity contribution in [1.29, 1.82) is 0 Å². The fourth-order valence-corrected chi connectivity index (χ4v) is 4.28. The monoisotopic (exact) mass is 498 g/mol. The molecular weight excluding hydrogens is 484 g/mol. The standard InChI is InChI=1S/C23H16BrClN2O4/c1-31-18-6-5-14(11-17(18)24)21(28)19-20(13-7-9-26-10-8-13)27(23(30)22(19)29)16-4-2-3-15(25)12-16/h2-12,20,28H,1H3/b21-19+. The lowest BCUT2D eigenvalue weighted by atomic mass is 9.95. The Morgan fingerprint density at radius 2 is 1.87 bits per heavy atom. The van der Waals surface area contributed by atoms with Gasteiger partial charge in [-0.1, -0.05) is 17.7 Å². The minimum absolute atomic E-state index is 0.0201. The zero-order valence-corrected chi connectivity index (χ0v) is 18.6. The molecule has 1 fully saturated rings. The van der Waals surface area contributed by atoms with Crippen LogP contribution in [0.5, 0.6) is 5.75 Å². The lowest BCUT2D eigenvalue weighted by Gasteiger charge is -2.25. The van der Waals surface area contributed by atoms with E-state index in [0.29, 0.717) is 32.1 Å². The van der Waals surface area contributed by atoms with Crippen LogP contribution < -0.4 is 9.64 Å². The maximum absolute atomic E-state index is 13.1. The minimum Gasteiger partial charge on any atom is -0.507 e. The van der Waals surface area contributed by atoms with E-state index in [9.17, 15) is 14.7 Å². The molecule has 0 bridgehead atoms. The van der Waals surface area contributed by atoms with Gasteiger partial charge in [0, 0.05) is 28.7 Å². The number of carbonyl (C=O) groups is 2. The molecule has 1 saturated heterocycles. The van der Waals surface area contributed by atoms with Gasteiger partial charge < -0.3 is 9.84 Å². The highest BCUT2D eigenvalue weighted by Crippen LogP contribution is 2.43. The van der Waals surface area contributed by atoms with Crippen LogP contribution in [0.2, 0.25) is 5.02 Å². The summed E-state index contributed by atoms with van der Waals surface area (Å²) in [6, 6.07) is 14.1. The van der Waals surface area contributed by atoms with Crippen molar-refractivity contribution in [2.45, 2.75) is 6.04 Å². The van der Waals surface area contributed by atoms with Crippen molar-refractivity contribution in [2.75, 3.05) is 12.0 Å². The second kappa shape index (κ2) is 8.53. The van der Waals surface area contributed by atoms with Gasteiger partial charge in [0.2, 0.25) is 0 Å². The summed E-state index contributed by atoms with van der Waals surface area (Å²) in [5.41, 5.74) is 1.43. The van der Waals surface area contributed by atoms with Gasteiger partial charge in [-0.05, 0) is 70.0 Å². The van der Waals surface area contributed by atoms with E-state index >= 15 is 0 Å². The number of pyridine rings is 1. The average molecular weight is 500 g/mol. The van der Waals surface area contributed by atoms with Gasteiger partial charge >= 0.3 is 0 Å². The first kappa shape index (κ1) is 21.1. The molecule has 3 aromatic rings. The van der Waals surface area contributed by atoms with Gasteiger partial charge in [0.05, 0.1) is 23.2 Å². The Kier molecular flexibility index (Phi) is 5.80. The van der Waals surface area contributed by atoms with Gasteiger partial charge in [-0.3, -0.25) is 19.5 Å². The van der Waals surface area contributed by atoms with Gasteiger partial charge in [0.15, 0.2) is 0 Å². The van der Waals surface area contributed by atoms with Gasteiger partial charge in [0.1, 0.15) is 11.5 Å². The van der Waals surface area contributed by atoms with Crippen LogP contribution in [-0.4, -0.2) is 28.9 Å². The highest BCUT2D eigenvalue weighted by atomic mass is 79.9. The van der Waals surface area contributed by atoms with Crippen LogP contribution in [-0.2, 0) is 9.59 Å². The second-order valence-corrected chi connectivity index (χ2v) is 8.07. The Morgan fingerprint density at radius 1 is 1.13 bits per heavy atom. The second-order valence-electron chi connectivity index (χ2n) is 6.78. The number of anilines is 1. The van der Waals surface area contributed by atoms with Crippen LogP contribution in [0.25, 0.3) is 5.76 Å². The quantitative estimate of drug-likeness (QED) is 0.306. The molecule has 0 radical (unpaired) electrons. The van der Waals surface area contributed by atoms with Crippen LogP contribution in [0.3, 0.4) is 0 Å². The van der Waals surface area contributed by atoms with Crippen LogP contribution >= 0.6 is 27.5 Å². The molecule has 156 valence electrons. The summed E-state index contributed by atoms with van der Waals surface area (Å²) in [5, 5.41) is 11.5. The maximum atomic E-state index is 13.1. The van der Waals surface area contributed by atoms with Crippen molar-refractivity contribution in [3.8, 4) is 5.75 Å². The number of hydrogen-bond acceptors (Lipinski definition) is 5. The molecular formula is C23H16BrClN2O4. The summed E-state index contributed by atoms with van der Waals surface area (Å²) in [4.78, 5) is 31.5. The number of Topliss-reactive ketones (excluding diaryl/α,β-unsaturated/α-hetero) is 1. The van der Waals surface area contributed by atoms with Gasteiger partial charge in [0.25, 0.3) is 11.7 Å². The van der Waals surface area contributed by atoms with Crippen LogP contribution in [0.4, 0.5) is 5.69 Å². The van der Waals surface area contributed by atoms with Crippen LogP contribution in [0.1, 0.15) is 17.2 Å². The molecule has 2 aromatic carbocycles. The molecule has 1 atom stereocenters. The third-order valence-electron chi connectivity index (χ3n) is 4.98. The molecule has 0 aliphatic carbocycles. The first-order valence-corrected chi connectivity index (χ1v) is 10.4. The molecule has 1 unspecified atom stereocenters. The Labute approximate surface area is 191 Å². The van der Waals surface area contributed by atoms with Crippen LogP contribution in [0, 0.1) is 0 Å². The van der Waals surface area contributed by atoms with E-state index in [1.807, 2.05) is 0 Å². The highest BCUT2D eigenvalue weighted by Gasteiger charge is 2.47. The van der Waals surface area contributed by atoms with Crippen molar-refractivity contribution in [2.24, 2.45) is 0 Å². The number of ketones is 1. The normalized spacial score (nSPS) is 17.8. The molecule has 8 heteroatoms. The summed E-state index contributed by atoms with van der Waals surface area (Å²) in [6.07, 6.45) is 3.13. The highest BCUT2D eigenvalue weighted by molar-refractivity contribution is 9.10. The smallest absolute Gasteiger partial charge is 0.300 e. The third-order valence-corrected chi connectivity index (χ3v) is 5.83. The molecule has 1 N–H and O–H groups in total. The molecule has 31 heavy (non-hydrogen) atoms. The number of halogens is 2. The molecule has 1 aliphatic heterocycles. The summed E-state index contributed by atoms with van der Waals surface area (Å²) >= 11 is 9.51. The summed E-state index contributed by atoms with van der Waals surface area (Å²) < 4.78 is 5.83. The number of benzene rings is 2. The maximum Gasteiger partial charge on any atom is 0.300 e. The predicted molar refractivity (Wildman–Crippen MR) is 121 cm³/mol. The number of aliphatic hydroxyl groups is 1. The fourth-order valence-electron chi connectivity index (χ4n) is 3.56. The Morgan fingerprint density at radius 3 is 2.52 bits per heavy atom. The summed E-state index contributed by atoms with van der Waals surface area (Å²) in [5.74, 6) is -1.25. The predicted octanol–water partition coefficient (Wildman–Crippen LogP) is 5.13. The lowest BCUT2D eigenvalue weighted by molar-refractivity contribution is -0.132. The van der Waals surface area contributed by atoms with Crippen molar-refractivity contribution in [3.05, 3.63) is 93.2 Å². The van der Waals surface area contributed by atoms with E-state index < -0.39 is 17.7 Å². The molecule has 1 amide bonds.